The summed E-state index contributed by atoms with van der Waals surface area (Å²) >= 11 is 0. The molecule has 0 N–H and O–H groups in total. The molecule has 0 aliphatic carbocycles. The molecule has 0 fully saturated rings. The van der Waals surface area contributed by atoms with Crippen molar-refractivity contribution in [2.24, 2.45) is 0 Å². The smallest absolute Gasteiger partial charge is 0.302 e. The van der Waals surface area contributed by atoms with Crippen LogP contribution in [0.1, 0.15) is 13.8 Å². The third kappa shape index (κ3) is 9.49. The lowest BCUT2D eigenvalue weighted by atomic mass is 10.6. The molecule has 0 saturated carbocycles. The lowest BCUT2D eigenvalue weighted by Crippen LogP contribution is -2.34. The van der Waals surface area contributed by atoms with Crippen molar-refractivity contribution in [2.45, 2.75) is 26.9 Å². The van der Waals surface area contributed by atoms with Gasteiger partial charge in [-0.3, -0.25) is 4.79 Å². The van der Waals surface area contributed by atoms with Crippen molar-refractivity contribution >= 4 is 5.97 Å². The molecular formula is C15H27N2O5+. The molecule has 1 heterocycles. The molecule has 0 radical (unpaired) electrons. The summed E-state index contributed by atoms with van der Waals surface area (Å²) in [5.41, 5.74) is 0. The minimum atomic E-state index is -0.253. The summed E-state index contributed by atoms with van der Waals surface area (Å²) in [4.78, 5) is 10.7. The molecule has 0 aromatic carbocycles. The Hall–Kier alpha value is -1.44. The van der Waals surface area contributed by atoms with Gasteiger partial charge in [-0.05, 0) is 6.92 Å². The predicted octanol–water partition coefficient (Wildman–Crippen LogP) is 0.408. The minimum absolute atomic E-state index is 0.253. The van der Waals surface area contributed by atoms with Crippen LogP contribution in [0.5, 0.6) is 0 Å². The predicted molar refractivity (Wildman–Crippen MR) is 79.4 cm³/mol. The third-order valence-corrected chi connectivity index (χ3v) is 2.84. The molecule has 126 valence electrons. The van der Waals surface area contributed by atoms with Gasteiger partial charge in [-0.1, -0.05) is 0 Å². The number of aromatic nitrogens is 2. The number of rotatable bonds is 13. The number of hydrogen-bond donors (Lipinski definition) is 0. The molecule has 1 rings (SSSR count). The second kappa shape index (κ2) is 12.1. The molecule has 0 atom stereocenters. The molecular weight excluding hydrogens is 288 g/mol. The lowest BCUT2D eigenvalue weighted by molar-refractivity contribution is -0.698. The Labute approximate surface area is 131 Å². The number of nitrogens with zero attached hydrogens (tertiary/aromatic N) is 2. The van der Waals surface area contributed by atoms with Crippen LogP contribution in [-0.2, 0) is 36.8 Å². The van der Waals surface area contributed by atoms with E-state index in [1.54, 1.807) is 0 Å². The van der Waals surface area contributed by atoms with Crippen LogP contribution in [0, 0.1) is 0 Å². The molecule has 0 unspecified atom stereocenters. The van der Waals surface area contributed by atoms with Crippen molar-refractivity contribution in [2.75, 3.05) is 46.2 Å². The van der Waals surface area contributed by atoms with E-state index in [0.29, 0.717) is 46.2 Å². The Kier molecular flexibility index (Phi) is 10.3. The first-order chi connectivity index (χ1) is 10.7. The van der Waals surface area contributed by atoms with E-state index in [4.69, 9.17) is 18.9 Å². The van der Waals surface area contributed by atoms with Crippen molar-refractivity contribution < 1.29 is 28.3 Å². The summed E-state index contributed by atoms with van der Waals surface area (Å²) in [5.74, 6) is -0.253. The molecule has 0 saturated heterocycles. The van der Waals surface area contributed by atoms with E-state index in [1.807, 2.05) is 34.8 Å². The maximum absolute atomic E-state index is 10.7. The van der Waals surface area contributed by atoms with Gasteiger partial charge in [-0.15, -0.1) is 0 Å². The largest absolute Gasteiger partial charge is 0.462 e. The van der Waals surface area contributed by atoms with Crippen molar-refractivity contribution in [3.05, 3.63) is 18.7 Å². The van der Waals surface area contributed by atoms with Gasteiger partial charge in [0.15, 0.2) is 0 Å². The summed E-state index contributed by atoms with van der Waals surface area (Å²) in [7, 11) is 0. The fourth-order valence-electron chi connectivity index (χ4n) is 1.75. The average molecular weight is 315 g/mol. The average Bonchev–Trinajstić information content (AvgIpc) is 2.93. The van der Waals surface area contributed by atoms with Crippen LogP contribution in [-0.4, -0.2) is 56.8 Å². The Morgan fingerprint density at radius 2 is 1.73 bits per heavy atom. The van der Waals surface area contributed by atoms with Crippen molar-refractivity contribution in [3.63, 3.8) is 0 Å². The summed E-state index contributed by atoms with van der Waals surface area (Å²) in [6, 6.07) is 0. The number of ether oxygens (including phenoxy) is 4. The van der Waals surface area contributed by atoms with E-state index in [1.165, 1.54) is 6.92 Å². The number of carbonyl (C=O) groups is 1. The molecule has 0 aliphatic rings. The topological polar surface area (TPSA) is 62.8 Å². The second-order valence-electron chi connectivity index (χ2n) is 4.65. The third-order valence-electron chi connectivity index (χ3n) is 2.84. The Morgan fingerprint density at radius 3 is 2.41 bits per heavy atom. The fraction of sp³-hybridized carbons (Fsp3) is 0.733. The standard InChI is InChI=1S/C15H27N2O5/c1-3-19-10-11-21-13-12-20-8-6-16-4-5-17(14-16)7-9-22-15(2)18/h4-5,14H,3,6-13H2,1-2H3/q+1. The zero-order chi connectivity index (χ0) is 16.0. The first kappa shape index (κ1) is 18.6. The van der Waals surface area contributed by atoms with Crippen LogP contribution in [0.15, 0.2) is 18.7 Å². The van der Waals surface area contributed by atoms with Gasteiger partial charge in [0.1, 0.15) is 32.1 Å². The van der Waals surface area contributed by atoms with Crippen LogP contribution < -0.4 is 4.57 Å². The highest BCUT2D eigenvalue weighted by atomic mass is 16.5. The van der Waals surface area contributed by atoms with Gasteiger partial charge in [0.25, 0.3) is 0 Å². The van der Waals surface area contributed by atoms with Gasteiger partial charge in [0.2, 0.25) is 6.33 Å². The summed E-state index contributed by atoms with van der Waals surface area (Å²) < 4.78 is 24.9. The quantitative estimate of drug-likeness (QED) is 0.300. The number of imidazole rings is 1. The zero-order valence-electron chi connectivity index (χ0n) is 13.5. The maximum atomic E-state index is 10.7. The van der Waals surface area contributed by atoms with Crippen molar-refractivity contribution in [1.29, 1.82) is 0 Å². The van der Waals surface area contributed by atoms with Crippen LogP contribution >= 0.6 is 0 Å². The van der Waals surface area contributed by atoms with E-state index in [9.17, 15) is 4.79 Å². The molecule has 7 nitrogen and oxygen atoms in total. The lowest BCUT2D eigenvalue weighted by Gasteiger charge is -2.05. The zero-order valence-corrected chi connectivity index (χ0v) is 13.5. The van der Waals surface area contributed by atoms with E-state index in [2.05, 4.69) is 0 Å². The van der Waals surface area contributed by atoms with Crippen LogP contribution in [0.25, 0.3) is 0 Å². The van der Waals surface area contributed by atoms with Gasteiger partial charge >= 0.3 is 5.97 Å². The van der Waals surface area contributed by atoms with Crippen LogP contribution in [0.2, 0.25) is 0 Å². The van der Waals surface area contributed by atoms with Gasteiger partial charge in [0.05, 0.1) is 33.0 Å². The first-order valence-corrected chi connectivity index (χ1v) is 7.63. The van der Waals surface area contributed by atoms with Gasteiger partial charge in [-0.25, -0.2) is 9.13 Å². The highest BCUT2D eigenvalue weighted by Crippen LogP contribution is 1.87. The van der Waals surface area contributed by atoms with Gasteiger partial charge in [0, 0.05) is 13.5 Å². The molecule has 0 aliphatic heterocycles. The number of hydrogen-bond acceptors (Lipinski definition) is 5. The van der Waals surface area contributed by atoms with Crippen molar-refractivity contribution in [3.8, 4) is 0 Å². The van der Waals surface area contributed by atoms with Crippen LogP contribution in [0.4, 0.5) is 0 Å². The highest BCUT2D eigenvalue weighted by molar-refractivity contribution is 5.65. The van der Waals surface area contributed by atoms with Crippen LogP contribution in [0.3, 0.4) is 0 Å². The second-order valence-corrected chi connectivity index (χ2v) is 4.65. The Balaban J connectivity index is 1.98. The minimum Gasteiger partial charge on any atom is -0.462 e. The molecule has 0 spiro atoms. The summed E-state index contributed by atoms with van der Waals surface area (Å²) in [5, 5.41) is 0. The molecule has 1 aromatic rings. The molecule has 1 aromatic heterocycles. The number of carbonyl (C=O) groups excluding carboxylic acids is 1. The molecule has 7 heteroatoms. The molecule has 0 amide bonds. The Morgan fingerprint density at radius 1 is 1.05 bits per heavy atom. The summed E-state index contributed by atoms with van der Waals surface area (Å²) in [6.45, 7) is 8.95. The molecule has 0 bridgehead atoms. The summed E-state index contributed by atoms with van der Waals surface area (Å²) in [6.07, 6.45) is 5.88. The van der Waals surface area contributed by atoms with E-state index in [0.717, 1.165) is 13.2 Å². The normalized spacial score (nSPS) is 10.8. The van der Waals surface area contributed by atoms with Gasteiger partial charge in [-0.2, -0.15) is 0 Å². The Bertz CT molecular complexity index is 408. The maximum Gasteiger partial charge on any atom is 0.302 e. The number of esters is 1. The fourth-order valence-corrected chi connectivity index (χ4v) is 1.75. The SMILES string of the molecule is CCOCCOCCOCC[n+]1ccn(CCOC(C)=O)c1. The van der Waals surface area contributed by atoms with E-state index >= 15 is 0 Å². The monoisotopic (exact) mass is 315 g/mol. The first-order valence-electron chi connectivity index (χ1n) is 7.63. The van der Waals surface area contributed by atoms with Gasteiger partial charge < -0.3 is 18.9 Å². The van der Waals surface area contributed by atoms with E-state index in [-0.39, 0.29) is 5.97 Å². The highest BCUT2D eigenvalue weighted by Gasteiger charge is 2.04. The van der Waals surface area contributed by atoms with Crippen molar-refractivity contribution in [1.82, 2.24) is 4.57 Å². The molecule has 22 heavy (non-hydrogen) atoms. The van der Waals surface area contributed by atoms with E-state index < -0.39 is 0 Å².